The predicted octanol–water partition coefficient (Wildman–Crippen LogP) is 3.50. The number of nitrogens with zero attached hydrogens (tertiary/aromatic N) is 1. The van der Waals surface area contributed by atoms with Crippen LogP contribution < -0.4 is 14.9 Å². The number of aromatic hydroxyl groups is 1. The number of phenols is 1. The van der Waals surface area contributed by atoms with Gasteiger partial charge < -0.3 is 20.0 Å². The molecule has 1 heterocycles. The third-order valence-electron chi connectivity index (χ3n) is 3.83. The van der Waals surface area contributed by atoms with Crippen LogP contribution in [0.3, 0.4) is 0 Å². The molecule has 1 aliphatic heterocycles. The van der Waals surface area contributed by atoms with E-state index in [1.807, 2.05) is 18.2 Å². The van der Waals surface area contributed by atoms with E-state index in [1.54, 1.807) is 32.4 Å². The normalized spacial score (nSPS) is 16.7. The first kappa shape index (κ1) is 15.5. The van der Waals surface area contributed by atoms with Gasteiger partial charge in [0.2, 0.25) is 0 Å². The molecule has 0 amide bonds. The molecule has 0 saturated carbocycles. The lowest BCUT2D eigenvalue weighted by Crippen LogP contribution is -2.10. The number of nitrogens with one attached hydrogen (secondary N) is 1. The van der Waals surface area contributed by atoms with Crippen molar-refractivity contribution < 1.29 is 14.6 Å². The van der Waals surface area contributed by atoms with Crippen molar-refractivity contribution in [3.63, 3.8) is 0 Å². The lowest BCUT2D eigenvalue weighted by molar-refractivity contribution is 0.354. The molecule has 0 bridgehead atoms. The van der Waals surface area contributed by atoms with Gasteiger partial charge >= 0.3 is 0 Å². The fourth-order valence-corrected chi connectivity index (χ4v) is 2.78. The second-order valence-corrected chi connectivity index (χ2v) is 5.66. The summed E-state index contributed by atoms with van der Waals surface area (Å²) >= 11 is 6.00. The zero-order valence-corrected chi connectivity index (χ0v) is 13.6. The molecule has 0 spiro atoms. The van der Waals surface area contributed by atoms with Crippen LogP contribution in [0.4, 0.5) is 0 Å². The van der Waals surface area contributed by atoms with Crippen molar-refractivity contribution >= 4 is 17.3 Å². The van der Waals surface area contributed by atoms with Crippen LogP contribution in [-0.2, 0) is 0 Å². The van der Waals surface area contributed by atoms with Gasteiger partial charge in [-0.3, -0.25) is 0 Å². The lowest BCUT2D eigenvalue weighted by Gasteiger charge is -2.14. The van der Waals surface area contributed by atoms with E-state index in [0.29, 0.717) is 28.5 Å². The Morgan fingerprint density at radius 3 is 2.65 bits per heavy atom. The minimum absolute atomic E-state index is 0.00295. The minimum Gasteiger partial charge on any atom is -0.507 e. The van der Waals surface area contributed by atoms with E-state index in [2.05, 4.69) is 10.5 Å². The molecule has 6 heteroatoms. The van der Waals surface area contributed by atoms with Gasteiger partial charge in [-0.2, -0.15) is 5.10 Å². The van der Waals surface area contributed by atoms with Crippen molar-refractivity contribution in [2.45, 2.75) is 12.5 Å². The summed E-state index contributed by atoms with van der Waals surface area (Å²) in [6.45, 7) is 0. The molecule has 1 aliphatic rings. The maximum absolute atomic E-state index is 10.00. The van der Waals surface area contributed by atoms with Crippen molar-refractivity contribution in [1.29, 1.82) is 0 Å². The lowest BCUT2D eigenvalue weighted by atomic mass is 9.98. The molecular formula is C17H17ClN2O3. The fraction of sp³-hybridized carbons (Fsp3) is 0.235. The van der Waals surface area contributed by atoms with Crippen LogP contribution >= 0.6 is 11.6 Å². The summed E-state index contributed by atoms with van der Waals surface area (Å²) in [5.41, 5.74) is 5.54. The van der Waals surface area contributed by atoms with E-state index in [1.165, 1.54) is 0 Å². The van der Waals surface area contributed by atoms with Crippen LogP contribution in [0.15, 0.2) is 41.5 Å². The van der Waals surface area contributed by atoms with Gasteiger partial charge in [0.1, 0.15) is 5.75 Å². The molecule has 0 unspecified atom stereocenters. The average Bonchev–Trinajstić information content (AvgIpc) is 3.06. The standard InChI is InChI=1S/C17H17ClN2O3/c1-22-16-6-3-10(7-17(16)23-2)13-9-14(20-19-13)12-8-11(18)4-5-15(12)21/h3-8,13,19,21H,9H2,1-2H3/t13-/m1/s1. The third kappa shape index (κ3) is 3.05. The van der Waals surface area contributed by atoms with Crippen LogP contribution in [0, 0.1) is 0 Å². The summed E-state index contributed by atoms with van der Waals surface area (Å²) in [7, 11) is 3.21. The monoisotopic (exact) mass is 332 g/mol. The summed E-state index contributed by atoms with van der Waals surface area (Å²) in [5, 5.41) is 14.9. The van der Waals surface area contributed by atoms with Crippen molar-refractivity contribution in [1.82, 2.24) is 5.43 Å². The first-order chi connectivity index (χ1) is 11.1. The third-order valence-corrected chi connectivity index (χ3v) is 4.07. The number of hydrogen-bond donors (Lipinski definition) is 2. The van der Waals surface area contributed by atoms with Gasteiger partial charge in [0.15, 0.2) is 11.5 Å². The first-order valence-electron chi connectivity index (χ1n) is 7.15. The predicted molar refractivity (Wildman–Crippen MR) is 89.7 cm³/mol. The van der Waals surface area contributed by atoms with E-state index in [0.717, 1.165) is 11.3 Å². The molecule has 3 rings (SSSR count). The highest BCUT2D eigenvalue weighted by molar-refractivity contribution is 6.31. The summed E-state index contributed by atoms with van der Waals surface area (Å²) in [6.07, 6.45) is 0.642. The maximum atomic E-state index is 10.00. The summed E-state index contributed by atoms with van der Waals surface area (Å²) in [5.74, 6) is 1.52. The Morgan fingerprint density at radius 1 is 1.13 bits per heavy atom. The molecule has 5 nitrogen and oxygen atoms in total. The SMILES string of the molecule is COc1ccc([C@H]2CC(c3cc(Cl)ccc3O)=NN2)cc1OC. The Labute approximate surface area is 139 Å². The van der Waals surface area contributed by atoms with Crippen LogP contribution in [0.2, 0.25) is 5.02 Å². The number of phenolic OH excluding ortho intramolecular Hbond substituents is 1. The molecule has 23 heavy (non-hydrogen) atoms. The molecule has 120 valence electrons. The minimum atomic E-state index is 0.00295. The van der Waals surface area contributed by atoms with Gasteiger partial charge in [-0.05, 0) is 35.9 Å². The molecule has 0 aliphatic carbocycles. The second kappa shape index (κ2) is 6.38. The first-order valence-corrected chi connectivity index (χ1v) is 7.53. The number of rotatable bonds is 4. The van der Waals surface area contributed by atoms with Crippen LogP contribution in [0.1, 0.15) is 23.6 Å². The van der Waals surface area contributed by atoms with Gasteiger partial charge in [-0.15, -0.1) is 0 Å². The van der Waals surface area contributed by atoms with Gasteiger partial charge in [0.05, 0.1) is 26.0 Å². The summed E-state index contributed by atoms with van der Waals surface area (Å²) in [6, 6.07) is 10.7. The number of hydrogen-bond acceptors (Lipinski definition) is 5. The van der Waals surface area contributed by atoms with Crippen molar-refractivity contribution in [2.75, 3.05) is 14.2 Å². The molecule has 2 aromatic rings. The number of hydrazone groups is 1. The Balaban J connectivity index is 1.83. The molecule has 0 fully saturated rings. The van der Waals surface area contributed by atoms with Gasteiger partial charge in [-0.1, -0.05) is 17.7 Å². The smallest absolute Gasteiger partial charge is 0.161 e. The van der Waals surface area contributed by atoms with Crippen LogP contribution in [0.5, 0.6) is 17.2 Å². The zero-order chi connectivity index (χ0) is 16.4. The Bertz CT molecular complexity index is 761. The highest BCUT2D eigenvalue weighted by atomic mass is 35.5. The molecule has 1 atom stereocenters. The van der Waals surface area contributed by atoms with Gasteiger partial charge in [0, 0.05) is 17.0 Å². The van der Waals surface area contributed by atoms with Crippen LogP contribution in [0.25, 0.3) is 0 Å². The van der Waals surface area contributed by atoms with E-state index in [-0.39, 0.29) is 11.8 Å². The second-order valence-electron chi connectivity index (χ2n) is 5.22. The van der Waals surface area contributed by atoms with E-state index < -0.39 is 0 Å². The Morgan fingerprint density at radius 2 is 1.91 bits per heavy atom. The van der Waals surface area contributed by atoms with Crippen molar-refractivity contribution in [3.8, 4) is 17.2 Å². The fourth-order valence-electron chi connectivity index (χ4n) is 2.61. The van der Waals surface area contributed by atoms with E-state index in [9.17, 15) is 5.11 Å². The van der Waals surface area contributed by atoms with Gasteiger partial charge in [-0.25, -0.2) is 0 Å². The topological polar surface area (TPSA) is 63.1 Å². The molecule has 0 radical (unpaired) electrons. The molecule has 0 saturated heterocycles. The number of benzene rings is 2. The molecule has 0 aromatic heterocycles. The van der Waals surface area contributed by atoms with Gasteiger partial charge in [0.25, 0.3) is 0 Å². The van der Waals surface area contributed by atoms with E-state index >= 15 is 0 Å². The molecule has 2 N–H and O–H groups in total. The quantitative estimate of drug-likeness (QED) is 0.899. The zero-order valence-electron chi connectivity index (χ0n) is 12.8. The molecule has 2 aromatic carbocycles. The Kier molecular flexibility index (Phi) is 4.30. The van der Waals surface area contributed by atoms with Crippen molar-refractivity contribution in [3.05, 3.63) is 52.5 Å². The Hall–Kier alpha value is -2.40. The highest BCUT2D eigenvalue weighted by Gasteiger charge is 2.24. The number of halogens is 1. The average molecular weight is 333 g/mol. The highest BCUT2D eigenvalue weighted by Crippen LogP contribution is 2.34. The van der Waals surface area contributed by atoms with Crippen molar-refractivity contribution in [2.24, 2.45) is 5.10 Å². The number of ether oxygens (including phenoxy) is 2. The van der Waals surface area contributed by atoms with E-state index in [4.69, 9.17) is 21.1 Å². The number of methoxy groups -OCH3 is 2. The summed E-state index contributed by atoms with van der Waals surface area (Å²) in [4.78, 5) is 0. The largest absolute Gasteiger partial charge is 0.507 e. The summed E-state index contributed by atoms with van der Waals surface area (Å²) < 4.78 is 10.6. The molecular weight excluding hydrogens is 316 g/mol. The van der Waals surface area contributed by atoms with Crippen LogP contribution in [-0.4, -0.2) is 25.0 Å². The maximum Gasteiger partial charge on any atom is 0.161 e.